The van der Waals surface area contributed by atoms with E-state index in [-0.39, 0.29) is 0 Å². The lowest BCUT2D eigenvalue weighted by Crippen LogP contribution is -2.49. The quantitative estimate of drug-likeness (QED) is 0.601. The first-order chi connectivity index (χ1) is 6.29. The summed E-state index contributed by atoms with van der Waals surface area (Å²) in [6.07, 6.45) is 8.90. The van der Waals surface area contributed by atoms with Crippen LogP contribution in [-0.2, 0) is 0 Å². The fraction of sp³-hybridized carbons (Fsp3) is 1.00. The molecule has 1 heterocycles. The van der Waals surface area contributed by atoms with E-state index < -0.39 is 0 Å². The third kappa shape index (κ3) is 1.90. The highest BCUT2D eigenvalue weighted by Gasteiger charge is 2.33. The van der Waals surface area contributed by atoms with Crippen LogP contribution in [0.4, 0.5) is 0 Å². The Morgan fingerprint density at radius 3 is 2.46 bits per heavy atom. The van der Waals surface area contributed by atoms with Crippen molar-refractivity contribution in [2.24, 2.45) is 5.92 Å². The van der Waals surface area contributed by atoms with Crippen molar-refractivity contribution in [3.8, 4) is 0 Å². The molecule has 1 saturated carbocycles. The highest BCUT2D eigenvalue weighted by molar-refractivity contribution is 4.88. The molecule has 0 radical (unpaired) electrons. The summed E-state index contributed by atoms with van der Waals surface area (Å²) in [5, 5.41) is 0. The zero-order valence-electron chi connectivity index (χ0n) is 9.13. The first-order valence-corrected chi connectivity index (χ1v) is 6.05. The van der Waals surface area contributed by atoms with E-state index in [1.54, 1.807) is 0 Å². The molecule has 1 heteroatoms. The first kappa shape index (κ1) is 9.51. The summed E-state index contributed by atoms with van der Waals surface area (Å²) in [5.74, 6) is 1.05. The largest absolute Gasteiger partial charge is 0.298 e. The Bertz CT molecular complexity index is 163. The van der Waals surface area contributed by atoms with Gasteiger partial charge in [-0.1, -0.05) is 12.8 Å². The van der Waals surface area contributed by atoms with E-state index in [2.05, 4.69) is 18.7 Å². The fourth-order valence-corrected chi connectivity index (χ4v) is 3.30. The molecule has 0 aromatic carbocycles. The molecule has 0 amide bonds. The van der Waals surface area contributed by atoms with Crippen molar-refractivity contribution in [3.05, 3.63) is 0 Å². The van der Waals surface area contributed by atoms with Gasteiger partial charge in [-0.25, -0.2) is 0 Å². The highest BCUT2D eigenvalue weighted by Crippen LogP contribution is 2.35. The van der Waals surface area contributed by atoms with Gasteiger partial charge >= 0.3 is 0 Å². The second kappa shape index (κ2) is 4.00. The predicted molar refractivity (Wildman–Crippen MR) is 56.8 cm³/mol. The minimum absolute atomic E-state index is 0.769. The van der Waals surface area contributed by atoms with Gasteiger partial charge in [-0.05, 0) is 52.0 Å². The number of hydrogen-bond acceptors (Lipinski definition) is 1. The molecule has 0 aromatic heterocycles. The van der Waals surface area contributed by atoms with Gasteiger partial charge in [0.05, 0.1) is 0 Å². The van der Waals surface area contributed by atoms with Crippen molar-refractivity contribution in [1.82, 2.24) is 4.90 Å². The molecule has 1 aliphatic carbocycles. The van der Waals surface area contributed by atoms with Crippen LogP contribution >= 0.6 is 0 Å². The fourth-order valence-electron chi connectivity index (χ4n) is 3.30. The Kier molecular flexibility index (Phi) is 2.92. The van der Waals surface area contributed by atoms with E-state index in [0.717, 1.165) is 18.0 Å². The second-order valence-electron chi connectivity index (χ2n) is 5.09. The van der Waals surface area contributed by atoms with E-state index in [1.165, 1.54) is 45.1 Å². The van der Waals surface area contributed by atoms with Crippen LogP contribution in [0.5, 0.6) is 0 Å². The maximum atomic E-state index is 2.76. The van der Waals surface area contributed by atoms with Crippen LogP contribution < -0.4 is 0 Å². The molecule has 2 aliphatic rings. The summed E-state index contributed by atoms with van der Waals surface area (Å²) in [6, 6.07) is 1.72. The molecule has 1 nitrogen and oxygen atoms in total. The smallest absolute Gasteiger partial charge is 0.0126 e. The van der Waals surface area contributed by atoms with Crippen LogP contribution in [0.1, 0.15) is 52.4 Å². The average Bonchev–Trinajstić information content (AvgIpc) is 2.17. The van der Waals surface area contributed by atoms with E-state index in [9.17, 15) is 0 Å². The van der Waals surface area contributed by atoms with Crippen molar-refractivity contribution >= 4 is 0 Å². The van der Waals surface area contributed by atoms with E-state index >= 15 is 0 Å². The Labute approximate surface area is 82.5 Å². The lowest BCUT2D eigenvalue weighted by atomic mass is 9.78. The molecule has 1 saturated heterocycles. The molecule has 0 spiro atoms. The van der Waals surface area contributed by atoms with Crippen LogP contribution in [-0.4, -0.2) is 23.5 Å². The third-order valence-electron chi connectivity index (χ3n) is 3.95. The van der Waals surface area contributed by atoms with Crippen LogP contribution in [0, 0.1) is 5.92 Å². The van der Waals surface area contributed by atoms with Crippen molar-refractivity contribution in [2.75, 3.05) is 6.54 Å². The van der Waals surface area contributed by atoms with Gasteiger partial charge in [-0.15, -0.1) is 0 Å². The average molecular weight is 181 g/mol. The predicted octanol–water partition coefficient (Wildman–Crippen LogP) is 3.05. The normalized spacial score (nSPS) is 36.2. The Morgan fingerprint density at radius 1 is 1.00 bits per heavy atom. The van der Waals surface area contributed by atoms with Gasteiger partial charge in [-0.2, -0.15) is 0 Å². The molecule has 0 bridgehead atoms. The van der Waals surface area contributed by atoms with Gasteiger partial charge in [0.15, 0.2) is 0 Å². The molecular formula is C12H23N. The maximum absolute atomic E-state index is 2.76. The minimum Gasteiger partial charge on any atom is -0.298 e. The summed E-state index contributed by atoms with van der Waals surface area (Å²) < 4.78 is 0. The minimum atomic E-state index is 0.769. The van der Waals surface area contributed by atoms with Crippen molar-refractivity contribution in [3.63, 3.8) is 0 Å². The molecule has 2 rings (SSSR count). The van der Waals surface area contributed by atoms with Crippen molar-refractivity contribution in [1.29, 1.82) is 0 Å². The van der Waals surface area contributed by atoms with Gasteiger partial charge in [0.25, 0.3) is 0 Å². The maximum Gasteiger partial charge on any atom is 0.0126 e. The number of likely N-dealkylation sites (tertiary alicyclic amines) is 1. The summed E-state index contributed by atoms with van der Waals surface area (Å²) >= 11 is 0. The molecule has 13 heavy (non-hydrogen) atoms. The molecule has 2 unspecified atom stereocenters. The molecule has 2 fully saturated rings. The van der Waals surface area contributed by atoms with Crippen molar-refractivity contribution < 1.29 is 0 Å². The standard InChI is InChI=1S/C12H23N/c1-10(2)13-9-5-7-11-6-3-4-8-12(11)13/h10-12H,3-9H2,1-2H3. The van der Waals surface area contributed by atoms with Gasteiger partial charge in [-0.3, -0.25) is 4.90 Å². The molecule has 1 aliphatic heterocycles. The Hall–Kier alpha value is -0.0400. The summed E-state index contributed by atoms with van der Waals surface area (Å²) in [5.41, 5.74) is 0. The van der Waals surface area contributed by atoms with Crippen molar-refractivity contribution in [2.45, 2.75) is 64.5 Å². The van der Waals surface area contributed by atoms with E-state index in [4.69, 9.17) is 0 Å². The Morgan fingerprint density at radius 2 is 1.69 bits per heavy atom. The lowest BCUT2D eigenvalue weighted by Gasteiger charge is -2.46. The number of piperidine rings is 1. The van der Waals surface area contributed by atoms with Crippen LogP contribution in [0.2, 0.25) is 0 Å². The molecular weight excluding hydrogens is 158 g/mol. The monoisotopic (exact) mass is 181 g/mol. The van der Waals surface area contributed by atoms with Gasteiger partial charge in [0.1, 0.15) is 0 Å². The SMILES string of the molecule is CC(C)N1CCCC2CCCCC21. The summed E-state index contributed by atoms with van der Waals surface area (Å²) in [7, 11) is 0. The first-order valence-electron chi connectivity index (χ1n) is 6.05. The summed E-state index contributed by atoms with van der Waals surface area (Å²) in [6.45, 7) is 6.08. The molecule has 0 aromatic rings. The van der Waals surface area contributed by atoms with Crippen LogP contribution in [0.25, 0.3) is 0 Å². The number of nitrogens with zero attached hydrogens (tertiary/aromatic N) is 1. The molecule has 0 N–H and O–H groups in total. The van der Waals surface area contributed by atoms with E-state index in [1.807, 2.05) is 0 Å². The number of rotatable bonds is 1. The zero-order chi connectivity index (χ0) is 9.26. The number of hydrogen-bond donors (Lipinski definition) is 0. The zero-order valence-corrected chi connectivity index (χ0v) is 9.13. The Balaban J connectivity index is 2.02. The summed E-state index contributed by atoms with van der Waals surface area (Å²) in [4.78, 5) is 2.76. The molecule has 2 atom stereocenters. The van der Waals surface area contributed by atoms with Gasteiger partial charge in [0, 0.05) is 12.1 Å². The van der Waals surface area contributed by atoms with Crippen LogP contribution in [0.3, 0.4) is 0 Å². The number of fused-ring (bicyclic) bond motifs is 1. The molecule has 76 valence electrons. The third-order valence-corrected chi connectivity index (χ3v) is 3.95. The second-order valence-corrected chi connectivity index (χ2v) is 5.09. The van der Waals surface area contributed by atoms with Gasteiger partial charge < -0.3 is 0 Å². The topological polar surface area (TPSA) is 3.24 Å². The lowest BCUT2D eigenvalue weighted by molar-refractivity contribution is 0.0371. The van der Waals surface area contributed by atoms with E-state index in [0.29, 0.717) is 0 Å². The van der Waals surface area contributed by atoms with Gasteiger partial charge in [0.2, 0.25) is 0 Å². The highest BCUT2D eigenvalue weighted by atomic mass is 15.2. The van der Waals surface area contributed by atoms with Crippen LogP contribution in [0.15, 0.2) is 0 Å².